The Kier molecular flexibility index (Phi) is 3.92. The summed E-state index contributed by atoms with van der Waals surface area (Å²) in [6, 6.07) is 1.82. The summed E-state index contributed by atoms with van der Waals surface area (Å²) in [6.45, 7) is 0. The van der Waals surface area contributed by atoms with E-state index in [4.69, 9.17) is 10.0 Å². The van der Waals surface area contributed by atoms with Gasteiger partial charge in [-0.15, -0.1) is 0 Å². The van der Waals surface area contributed by atoms with E-state index in [0.717, 1.165) is 17.7 Å². The molecule has 0 bridgehead atoms. The summed E-state index contributed by atoms with van der Waals surface area (Å²) < 4.78 is 83.9. The molecule has 0 spiro atoms. The first-order valence-corrected chi connectivity index (χ1v) is 5.72. The summed E-state index contributed by atoms with van der Waals surface area (Å²) in [5, 5.41) is 16.4. The first-order chi connectivity index (χ1) is 9.99. The molecule has 0 aliphatic heterocycles. The van der Waals surface area contributed by atoms with Crippen LogP contribution >= 0.6 is 0 Å². The quantitative estimate of drug-likeness (QED) is 0.671. The molecule has 1 atom stereocenters. The highest BCUT2D eigenvalue weighted by molar-refractivity contribution is 6.32. The van der Waals surface area contributed by atoms with Gasteiger partial charge < -0.3 is 19.3 Å². The summed E-state index contributed by atoms with van der Waals surface area (Å²) in [6.07, 6.45) is -5.69. The number of hydrogen-bond donors (Lipinski definition) is 2. The smallest absolute Gasteiger partial charge is 0.402 e. The largest absolute Gasteiger partial charge is 0.636 e. The maximum absolute atomic E-state index is 14.2. The lowest BCUT2D eigenvalue weighted by Gasteiger charge is -2.28. The van der Waals surface area contributed by atoms with Crippen LogP contribution in [0.4, 0.5) is 26.3 Å². The van der Waals surface area contributed by atoms with Gasteiger partial charge in [-0.25, -0.2) is 4.39 Å². The standard InChI is InChI=1S/C11H8BF6NO3/c1-19-7-3-2-5(4-6(7)8(13)9(19)14)10(15,11(16,17)18)22-12(20)21/h2-4,20-21H,1H3. The highest BCUT2D eigenvalue weighted by atomic mass is 19.4. The number of aryl methyl sites for hydroxylation is 1. The Hall–Kier alpha value is -1.72. The summed E-state index contributed by atoms with van der Waals surface area (Å²) >= 11 is 0. The number of aromatic nitrogens is 1. The number of benzene rings is 1. The van der Waals surface area contributed by atoms with Gasteiger partial charge in [-0.3, -0.25) is 0 Å². The minimum Gasteiger partial charge on any atom is -0.402 e. The molecule has 11 heteroatoms. The van der Waals surface area contributed by atoms with Crippen molar-refractivity contribution in [2.45, 2.75) is 12.0 Å². The molecule has 0 amide bonds. The average molecular weight is 327 g/mol. The predicted molar refractivity (Wildman–Crippen MR) is 63.0 cm³/mol. The van der Waals surface area contributed by atoms with Crippen LogP contribution in [0.15, 0.2) is 18.2 Å². The first-order valence-electron chi connectivity index (χ1n) is 5.72. The Morgan fingerprint density at radius 1 is 1.14 bits per heavy atom. The van der Waals surface area contributed by atoms with Crippen molar-refractivity contribution in [3.63, 3.8) is 0 Å². The number of rotatable bonds is 3. The van der Waals surface area contributed by atoms with Gasteiger partial charge in [-0.05, 0) is 12.1 Å². The van der Waals surface area contributed by atoms with Crippen LogP contribution in [0.5, 0.6) is 0 Å². The molecule has 1 aromatic carbocycles. The topological polar surface area (TPSA) is 54.6 Å². The summed E-state index contributed by atoms with van der Waals surface area (Å²) in [5.74, 6) is -7.41. The molecule has 0 aliphatic rings. The van der Waals surface area contributed by atoms with Crippen molar-refractivity contribution in [2.24, 2.45) is 7.05 Å². The van der Waals surface area contributed by atoms with Gasteiger partial charge in [0.1, 0.15) is 0 Å². The van der Waals surface area contributed by atoms with E-state index in [1.807, 2.05) is 0 Å². The molecular formula is C11H8BF6NO3. The molecule has 2 aromatic rings. The molecule has 22 heavy (non-hydrogen) atoms. The van der Waals surface area contributed by atoms with Crippen LogP contribution in [0.3, 0.4) is 0 Å². The van der Waals surface area contributed by atoms with Gasteiger partial charge in [-0.2, -0.15) is 22.0 Å². The highest BCUT2D eigenvalue weighted by Crippen LogP contribution is 2.44. The Bertz CT molecular complexity index is 716. The van der Waals surface area contributed by atoms with Gasteiger partial charge in [0, 0.05) is 18.0 Å². The molecule has 0 saturated heterocycles. The maximum Gasteiger partial charge on any atom is 0.636 e. The molecule has 0 saturated carbocycles. The molecular weight excluding hydrogens is 319 g/mol. The van der Waals surface area contributed by atoms with E-state index in [2.05, 4.69) is 4.65 Å². The fourth-order valence-corrected chi connectivity index (χ4v) is 2.01. The highest BCUT2D eigenvalue weighted by Gasteiger charge is 2.60. The number of hydrogen-bond acceptors (Lipinski definition) is 3. The third-order valence-corrected chi connectivity index (χ3v) is 3.07. The molecule has 2 rings (SSSR count). The molecule has 0 fully saturated rings. The van der Waals surface area contributed by atoms with Gasteiger partial charge >= 0.3 is 19.4 Å². The number of halogens is 6. The maximum atomic E-state index is 14.2. The van der Waals surface area contributed by atoms with Gasteiger partial charge in [0.2, 0.25) is 5.95 Å². The summed E-state index contributed by atoms with van der Waals surface area (Å²) in [5.41, 5.74) is -1.38. The molecule has 0 radical (unpaired) electrons. The van der Waals surface area contributed by atoms with E-state index < -0.39 is 42.1 Å². The van der Waals surface area contributed by atoms with Crippen LogP contribution in [-0.2, 0) is 17.6 Å². The molecule has 1 aromatic heterocycles. The second-order valence-corrected chi connectivity index (χ2v) is 4.43. The molecule has 4 nitrogen and oxygen atoms in total. The Morgan fingerprint density at radius 3 is 2.23 bits per heavy atom. The molecule has 2 N–H and O–H groups in total. The van der Waals surface area contributed by atoms with Gasteiger partial charge in [-0.1, -0.05) is 6.07 Å². The van der Waals surface area contributed by atoms with Crippen molar-refractivity contribution in [2.75, 3.05) is 0 Å². The average Bonchev–Trinajstić information content (AvgIpc) is 2.61. The Morgan fingerprint density at radius 2 is 1.73 bits per heavy atom. The van der Waals surface area contributed by atoms with Crippen molar-refractivity contribution < 1.29 is 41.0 Å². The van der Waals surface area contributed by atoms with E-state index in [9.17, 15) is 26.3 Å². The van der Waals surface area contributed by atoms with Crippen LogP contribution in [0.2, 0.25) is 0 Å². The number of nitrogens with zero attached hydrogens (tertiary/aromatic N) is 1. The number of fused-ring (bicyclic) bond motifs is 1. The van der Waals surface area contributed by atoms with Crippen molar-refractivity contribution in [3.05, 3.63) is 35.5 Å². The third kappa shape index (κ3) is 2.44. The predicted octanol–water partition coefficient (Wildman–Crippen LogP) is 2.13. The fraction of sp³-hybridized carbons (Fsp3) is 0.273. The monoisotopic (exact) mass is 327 g/mol. The Balaban J connectivity index is 2.68. The SMILES string of the molecule is Cn1c(F)c(F)c2cc(C(F)(OB(O)O)C(F)(F)F)ccc21. The van der Waals surface area contributed by atoms with Crippen molar-refractivity contribution in [1.29, 1.82) is 0 Å². The van der Waals surface area contributed by atoms with E-state index >= 15 is 0 Å². The third-order valence-electron chi connectivity index (χ3n) is 3.07. The van der Waals surface area contributed by atoms with Crippen molar-refractivity contribution in [3.8, 4) is 0 Å². The number of alkyl halides is 4. The lowest BCUT2D eigenvalue weighted by molar-refractivity contribution is -0.319. The first kappa shape index (κ1) is 16.7. The van der Waals surface area contributed by atoms with E-state index in [1.165, 1.54) is 0 Å². The van der Waals surface area contributed by atoms with Gasteiger partial charge in [0.25, 0.3) is 0 Å². The molecule has 0 aliphatic carbocycles. The summed E-state index contributed by atoms with van der Waals surface area (Å²) in [4.78, 5) is 0. The van der Waals surface area contributed by atoms with Gasteiger partial charge in [0.05, 0.1) is 5.52 Å². The zero-order valence-corrected chi connectivity index (χ0v) is 10.8. The van der Waals surface area contributed by atoms with E-state index in [-0.39, 0.29) is 5.52 Å². The minimum absolute atomic E-state index is 0.118. The molecule has 120 valence electrons. The summed E-state index contributed by atoms with van der Waals surface area (Å²) in [7, 11) is -1.94. The van der Waals surface area contributed by atoms with Crippen molar-refractivity contribution >= 4 is 18.2 Å². The van der Waals surface area contributed by atoms with E-state index in [1.54, 1.807) is 0 Å². The van der Waals surface area contributed by atoms with Gasteiger partial charge in [0.15, 0.2) is 5.82 Å². The normalized spacial score (nSPS) is 15.1. The lowest BCUT2D eigenvalue weighted by atomic mass is 10.0. The Labute approximate surface area is 119 Å². The van der Waals surface area contributed by atoms with Crippen LogP contribution in [-0.4, -0.2) is 28.1 Å². The second-order valence-electron chi connectivity index (χ2n) is 4.43. The zero-order valence-electron chi connectivity index (χ0n) is 10.8. The fourth-order valence-electron chi connectivity index (χ4n) is 2.01. The minimum atomic E-state index is -5.69. The van der Waals surface area contributed by atoms with Crippen LogP contribution < -0.4 is 0 Å². The second kappa shape index (κ2) is 5.18. The van der Waals surface area contributed by atoms with Crippen LogP contribution in [0, 0.1) is 11.8 Å². The van der Waals surface area contributed by atoms with E-state index in [0.29, 0.717) is 12.1 Å². The molecule has 1 unspecified atom stereocenters. The zero-order chi connectivity index (χ0) is 16.9. The van der Waals surface area contributed by atoms with Crippen molar-refractivity contribution in [1.82, 2.24) is 4.57 Å². The molecule has 1 heterocycles. The van der Waals surface area contributed by atoms with Crippen LogP contribution in [0.25, 0.3) is 10.9 Å². The lowest BCUT2D eigenvalue weighted by Crippen LogP contribution is -2.45. The van der Waals surface area contributed by atoms with Crippen LogP contribution in [0.1, 0.15) is 5.56 Å².